The van der Waals surface area contributed by atoms with Gasteiger partial charge in [0.1, 0.15) is 23.3 Å². The Balaban J connectivity index is 1.45. The standard InChI is InChI=1S/C30H30N8/c1-35-27(31)21-11-15-25(16-12-21)37-29(33)23-7-3-19(4-8-23)20-5-9-24(10-6-20)30(34)38-26-17-13-22(14-18-26)28(32)36-2/h3-18H,1-2H3,(H2,31,35)(H2,32,36)(H2,33,37)(H2,34,38). The van der Waals surface area contributed by atoms with Crippen LogP contribution >= 0.6 is 0 Å². The molecule has 38 heavy (non-hydrogen) atoms. The van der Waals surface area contributed by atoms with Gasteiger partial charge in [-0.1, -0.05) is 48.5 Å². The van der Waals surface area contributed by atoms with E-state index in [1.165, 1.54) is 0 Å². The summed E-state index contributed by atoms with van der Waals surface area (Å²) < 4.78 is 0. The highest BCUT2D eigenvalue weighted by Crippen LogP contribution is 2.22. The molecule has 0 bridgehead atoms. The predicted octanol–water partition coefficient (Wildman–Crippen LogP) is 4.10. The Kier molecular flexibility index (Phi) is 7.93. The van der Waals surface area contributed by atoms with E-state index >= 15 is 0 Å². The van der Waals surface area contributed by atoms with E-state index in [0.717, 1.165) is 44.8 Å². The van der Waals surface area contributed by atoms with Gasteiger partial charge in [0.15, 0.2) is 0 Å². The first-order chi connectivity index (χ1) is 18.4. The molecule has 0 aliphatic carbocycles. The van der Waals surface area contributed by atoms with Gasteiger partial charge in [-0.2, -0.15) is 0 Å². The minimum absolute atomic E-state index is 0.429. The van der Waals surface area contributed by atoms with E-state index in [1.54, 1.807) is 14.1 Å². The number of hydrogen-bond acceptors (Lipinski definition) is 4. The fourth-order valence-electron chi connectivity index (χ4n) is 3.75. The van der Waals surface area contributed by atoms with Crippen LogP contribution in [0.4, 0.5) is 11.4 Å². The lowest BCUT2D eigenvalue weighted by Crippen LogP contribution is -2.13. The van der Waals surface area contributed by atoms with Crippen LogP contribution in [0.15, 0.2) is 117 Å². The molecular weight excluding hydrogens is 472 g/mol. The van der Waals surface area contributed by atoms with Crippen molar-refractivity contribution in [1.29, 1.82) is 0 Å². The summed E-state index contributed by atoms with van der Waals surface area (Å²) in [4.78, 5) is 17.0. The number of hydrogen-bond donors (Lipinski definition) is 4. The molecule has 4 aromatic rings. The molecule has 0 saturated carbocycles. The van der Waals surface area contributed by atoms with Crippen molar-refractivity contribution in [2.45, 2.75) is 0 Å². The topological polar surface area (TPSA) is 154 Å². The van der Waals surface area contributed by atoms with E-state index in [4.69, 9.17) is 22.9 Å². The number of nitrogens with two attached hydrogens (primary N) is 4. The molecule has 8 nitrogen and oxygen atoms in total. The van der Waals surface area contributed by atoms with Crippen molar-refractivity contribution < 1.29 is 0 Å². The van der Waals surface area contributed by atoms with E-state index in [-0.39, 0.29) is 0 Å². The predicted molar refractivity (Wildman–Crippen MR) is 159 cm³/mol. The lowest BCUT2D eigenvalue weighted by molar-refractivity contribution is 1.38. The lowest BCUT2D eigenvalue weighted by Gasteiger charge is -2.07. The maximum atomic E-state index is 6.25. The molecule has 0 amide bonds. The van der Waals surface area contributed by atoms with Crippen LogP contribution in [0.25, 0.3) is 11.1 Å². The van der Waals surface area contributed by atoms with Gasteiger partial charge in [-0.3, -0.25) is 9.98 Å². The van der Waals surface area contributed by atoms with Crippen LogP contribution in [0.1, 0.15) is 22.3 Å². The van der Waals surface area contributed by atoms with Gasteiger partial charge >= 0.3 is 0 Å². The molecule has 190 valence electrons. The summed E-state index contributed by atoms with van der Waals surface area (Å²) in [6.07, 6.45) is 0. The molecule has 0 atom stereocenters. The molecule has 0 fully saturated rings. The first kappa shape index (κ1) is 25.8. The SMILES string of the molecule is CN=C(N)c1ccc(N=C(N)c2ccc(-c3ccc(C(N)=Nc4ccc(C(N)=NC)cc4)cc3)cc2)cc1. The van der Waals surface area contributed by atoms with Crippen molar-refractivity contribution in [2.75, 3.05) is 14.1 Å². The molecule has 0 radical (unpaired) electrons. The normalized spacial score (nSPS) is 13.0. The van der Waals surface area contributed by atoms with Gasteiger partial charge in [-0.15, -0.1) is 0 Å². The third kappa shape index (κ3) is 6.11. The van der Waals surface area contributed by atoms with E-state index in [0.29, 0.717) is 23.3 Å². The number of nitrogens with zero attached hydrogens (tertiary/aromatic N) is 4. The summed E-state index contributed by atoms with van der Waals surface area (Å²) >= 11 is 0. The Morgan fingerprint density at radius 3 is 0.947 bits per heavy atom. The Morgan fingerprint density at radius 2 is 0.658 bits per heavy atom. The van der Waals surface area contributed by atoms with Crippen molar-refractivity contribution in [1.82, 2.24) is 0 Å². The zero-order chi connectivity index (χ0) is 27.1. The molecule has 0 spiro atoms. The average Bonchev–Trinajstić information content (AvgIpc) is 2.97. The second-order valence-corrected chi connectivity index (χ2v) is 8.46. The summed E-state index contributed by atoms with van der Waals surface area (Å²) in [6.45, 7) is 0. The van der Waals surface area contributed by atoms with Gasteiger partial charge in [0.05, 0.1) is 11.4 Å². The van der Waals surface area contributed by atoms with Crippen molar-refractivity contribution >= 4 is 34.7 Å². The number of rotatable bonds is 7. The second kappa shape index (κ2) is 11.7. The highest BCUT2D eigenvalue weighted by atomic mass is 14.9. The van der Waals surface area contributed by atoms with Crippen LogP contribution in [0.5, 0.6) is 0 Å². The third-order valence-electron chi connectivity index (χ3n) is 6.00. The molecule has 0 unspecified atom stereocenters. The summed E-state index contributed by atoms with van der Waals surface area (Å²) in [5.41, 5.74) is 31.1. The maximum absolute atomic E-state index is 6.25. The van der Waals surface area contributed by atoms with Crippen LogP contribution in [0.2, 0.25) is 0 Å². The molecule has 0 heterocycles. The second-order valence-electron chi connectivity index (χ2n) is 8.46. The van der Waals surface area contributed by atoms with Crippen molar-refractivity contribution in [2.24, 2.45) is 42.9 Å². The summed E-state index contributed by atoms with van der Waals surface area (Å²) in [5, 5.41) is 0. The Bertz CT molecular complexity index is 1390. The Morgan fingerprint density at radius 1 is 0.395 bits per heavy atom. The average molecular weight is 503 g/mol. The van der Waals surface area contributed by atoms with Crippen LogP contribution < -0.4 is 22.9 Å². The van der Waals surface area contributed by atoms with E-state index in [9.17, 15) is 0 Å². The zero-order valence-electron chi connectivity index (χ0n) is 21.3. The fourth-order valence-corrected chi connectivity index (χ4v) is 3.75. The minimum atomic E-state index is 0.429. The number of amidine groups is 4. The van der Waals surface area contributed by atoms with Crippen LogP contribution in [-0.4, -0.2) is 37.4 Å². The van der Waals surface area contributed by atoms with Crippen LogP contribution in [-0.2, 0) is 0 Å². The van der Waals surface area contributed by atoms with E-state index in [2.05, 4.69) is 20.0 Å². The fraction of sp³-hybridized carbons (Fsp3) is 0.0667. The highest BCUT2D eigenvalue weighted by Gasteiger charge is 2.05. The van der Waals surface area contributed by atoms with E-state index in [1.807, 2.05) is 97.1 Å². The summed E-state index contributed by atoms with van der Waals surface area (Å²) in [7, 11) is 3.31. The van der Waals surface area contributed by atoms with Gasteiger partial charge in [0, 0.05) is 36.3 Å². The lowest BCUT2D eigenvalue weighted by atomic mass is 10.0. The first-order valence-corrected chi connectivity index (χ1v) is 11.9. The zero-order valence-corrected chi connectivity index (χ0v) is 21.3. The monoisotopic (exact) mass is 502 g/mol. The first-order valence-electron chi connectivity index (χ1n) is 11.9. The summed E-state index contributed by atoms with van der Waals surface area (Å²) in [5.74, 6) is 1.81. The number of benzene rings is 4. The van der Waals surface area contributed by atoms with Crippen molar-refractivity contribution in [3.05, 3.63) is 119 Å². The summed E-state index contributed by atoms with van der Waals surface area (Å²) in [6, 6.07) is 30.8. The molecule has 0 aliphatic heterocycles. The maximum Gasteiger partial charge on any atom is 0.131 e. The molecule has 8 N–H and O–H groups in total. The molecule has 4 rings (SSSR count). The van der Waals surface area contributed by atoms with Crippen LogP contribution in [0, 0.1) is 0 Å². The molecule has 0 aliphatic rings. The molecule has 0 aromatic heterocycles. The molecule has 0 saturated heterocycles. The van der Waals surface area contributed by atoms with E-state index < -0.39 is 0 Å². The van der Waals surface area contributed by atoms with Crippen molar-refractivity contribution in [3.8, 4) is 11.1 Å². The smallest absolute Gasteiger partial charge is 0.131 e. The Labute approximate surface area is 222 Å². The minimum Gasteiger partial charge on any atom is -0.384 e. The van der Waals surface area contributed by atoms with Gasteiger partial charge in [-0.25, -0.2) is 9.98 Å². The van der Waals surface area contributed by atoms with Gasteiger partial charge in [-0.05, 0) is 59.7 Å². The highest BCUT2D eigenvalue weighted by molar-refractivity contribution is 6.01. The van der Waals surface area contributed by atoms with Crippen molar-refractivity contribution in [3.63, 3.8) is 0 Å². The molecule has 4 aromatic carbocycles. The van der Waals surface area contributed by atoms with Gasteiger partial charge < -0.3 is 22.9 Å². The number of aliphatic imine (C=N–C) groups is 4. The Hall–Kier alpha value is -5.24. The molecule has 8 heteroatoms. The van der Waals surface area contributed by atoms with Gasteiger partial charge in [0.25, 0.3) is 0 Å². The molecular formula is C30H30N8. The third-order valence-corrected chi connectivity index (χ3v) is 6.00. The van der Waals surface area contributed by atoms with Gasteiger partial charge in [0.2, 0.25) is 0 Å². The largest absolute Gasteiger partial charge is 0.384 e. The quantitative estimate of drug-likeness (QED) is 0.222. The van der Waals surface area contributed by atoms with Crippen LogP contribution in [0.3, 0.4) is 0 Å².